The van der Waals surface area contributed by atoms with Crippen molar-refractivity contribution in [3.8, 4) is 0 Å². The second kappa shape index (κ2) is 11.3. The van der Waals surface area contributed by atoms with Gasteiger partial charge in [0.05, 0.1) is 17.8 Å². The molecule has 2 aromatic heterocycles. The van der Waals surface area contributed by atoms with Crippen LogP contribution >= 0.6 is 35.3 Å². The lowest BCUT2D eigenvalue weighted by molar-refractivity contribution is 0.475. The second-order valence-corrected chi connectivity index (χ2v) is 7.21. The lowest BCUT2D eigenvalue weighted by atomic mass is 10.3. The summed E-state index contributed by atoms with van der Waals surface area (Å²) < 4.78 is 5.37. The Morgan fingerprint density at radius 3 is 2.84 bits per heavy atom. The first kappa shape index (κ1) is 21.7. The van der Waals surface area contributed by atoms with E-state index in [-0.39, 0.29) is 24.0 Å². The summed E-state index contributed by atoms with van der Waals surface area (Å²) in [6.45, 7) is 10.3. The minimum Gasteiger partial charge on any atom is -0.469 e. The number of nitrogens with one attached hydrogen (secondary N) is 1. The van der Waals surface area contributed by atoms with Crippen molar-refractivity contribution in [3.05, 3.63) is 52.4 Å². The van der Waals surface area contributed by atoms with Gasteiger partial charge in [-0.1, -0.05) is 12.2 Å². The Morgan fingerprint density at radius 1 is 1.44 bits per heavy atom. The van der Waals surface area contributed by atoms with Gasteiger partial charge in [-0.3, -0.25) is 0 Å². The van der Waals surface area contributed by atoms with E-state index >= 15 is 0 Å². The summed E-state index contributed by atoms with van der Waals surface area (Å²) in [5, 5.41) is 4.57. The van der Waals surface area contributed by atoms with Crippen LogP contribution < -0.4 is 5.32 Å². The molecular weight excluding hydrogens is 447 g/mol. The van der Waals surface area contributed by atoms with Gasteiger partial charge in [0.2, 0.25) is 0 Å². The number of thiazole rings is 1. The zero-order valence-corrected chi connectivity index (χ0v) is 18.3. The van der Waals surface area contributed by atoms with Crippen LogP contribution in [0.1, 0.15) is 22.6 Å². The molecule has 0 atom stereocenters. The molecule has 7 heteroatoms. The first-order chi connectivity index (χ1) is 11.5. The standard InChI is InChI=1S/C18H26N4OS.HI/c1-14(2)12-21-18(19-9-7-16-6-5-11-23-16)22(4)10-8-17-20-13-15(3)24-17;/h5-6,11,13H,1,7-10,12H2,2-4H3,(H,19,21);1H. The van der Waals surface area contributed by atoms with Gasteiger partial charge in [-0.2, -0.15) is 0 Å². The molecule has 5 nitrogen and oxygen atoms in total. The highest BCUT2D eigenvalue weighted by Gasteiger charge is 2.08. The van der Waals surface area contributed by atoms with E-state index in [0.717, 1.165) is 48.2 Å². The Bertz CT molecular complexity index is 666. The van der Waals surface area contributed by atoms with Gasteiger partial charge in [0.1, 0.15) is 5.76 Å². The molecule has 0 unspecified atom stereocenters. The quantitative estimate of drug-likeness (QED) is 0.273. The SMILES string of the molecule is C=C(C)CN=C(NCCc1ccco1)N(C)CCc1ncc(C)s1.I. The van der Waals surface area contributed by atoms with Gasteiger partial charge in [0.25, 0.3) is 0 Å². The Kier molecular flexibility index (Phi) is 9.81. The number of likely N-dealkylation sites (N-methyl/N-ethyl adjacent to an activating group) is 1. The van der Waals surface area contributed by atoms with Crippen molar-refractivity contribution in [3.63, 3.8) is 0 Å². The average molecular weight is 474 g/mol. The number of furan rings is 1. The van der Waals surface area contributed by atoms with E-state index in [0.29, 0.717) is 6.54 Å². The molecule has 0 fully saturated rings. The maximum Gasteiger partial charge on any atom is 0.194 e. The second-order valence-electron chi connectivity index (χ2n) is 5.89. The van der Waals surface area contributed by atoms with Crippen LogP contribution in [0.15, 0.2) is 46.2 Å². The summed E-state index contributed by atoms with van der Waals surface area (Å²) >= 11 is 1.75. The normalized spacial score (nSPS) is 11.1. The molecule has 0 amide bonds. The largest absolute Gasteiger partial charge is 0.469 e. The minimum absolute atomic E-state index is 0. The Morgan fingerprint density at radius 2 is 2.24 bits per heavy atom. The van der Waals surface area contributed by atoms with Crippen molar-refractivity contribution in [1.29, 1.82) is 0 Å². The number of aryl methyl sites for hydroxylation is 1. The maximum atomic E-state index is 5.37. The number of guanidine groups is 1. The monoisotopic (exact) mass is 474 g/mol. The highest BCUT2D eigenvalue weighted by molar-refractivity contribution is 14.0. The topological polar surface area (TPSA) is 53.7 Å². The molecule has 2 aromatic rings. The van der Waals surface area contributed by atoms with Gasteiger partial charge >= 0.3 is 0 Å². The zero-order valence-electron chi connectivity index (χ0n) is 15.1. The predicted molar refractivity (Wildman–Crippen MR) is 116 cm³/mol. The molecule has 0 saturated heterocycles. The molecule has 25 heavy (non-hydrogen) atoms. The summed E-state index contributed by atoms with van der Waals surface area (Å²) in [4.78, 5) is 12.5. The maximum absolute atomic E-state index is 5.37. The van der Waals surface area contributed by atoms with Gasteiger partial charge < -0.3 is 14.6 Å². The van der Waals surface area contributed by atoms with E-state index in [2.05, 4.69) is 40.7 Å². The van der Waals surface area contributed by atoms with Crippen molar-refractivity contribution < 1.29 is 4.42 Å². The summed E-state index contributed by atoms with van der Waals surface area (Å²) in [5.74, 6) is 1.86. The van der Waals surface area contributed by atoms with Crippen molar-refractivity contribution in [2.24, 2.45) is 4.99 Å². The van der Waals surface area contributed by atoms with Gasteiger partial charge in [0.15, 0.2) is 5.96 Å². The third-order valence-corrected chi connectivity index (χ3v) is 4.40. The summed E-state index contributed by atoms with van der Waals surface area (Å²) in [6.07, 6.45) is 5.38. The number of hydrogen-bond acceptors (Lipinski definition) is 4. The van der Waals surface area contributed by atoms with Crippen LogP contribution in [0.5, 0.6) is 0 Å². The van der Waals surface area contributed by atoms with Crippen molar-refractivity contribution in [1.82, 2.24) is 15.2 Å². The molecule has 0 bridgehead atoms. The third kappa shape index (κ3) is 8.04. The Balaban J connectivity index is 0.00000312. The van der Waals surface area contributed by atoms with Crippen molar-refractivity contribution in [2.75, 3.05) is 26.7 Å². The van der Waals surface area contributed by atoms with E-state index in [1.807, 2.05) is 25.3 Å². The van der Waals surface area contributed by atoms with Crippen LogP contribution in [0.3, 0.4) is 0 Å². The fraction of sp³-hybridized carbons (Fsp3) is 0.444. The van der Waals surface area contributed by atoms with E-state index in [9.17, 15) is 0 Å². The van der Waals surface area contributed by atoms with Crippen LogP contribution in [0.4, 0.5) is 0 Å². The van der Waals surface area contributed by atoms with E-state index in [1.54, 1.807) is 17.6 Å². The van der Waals surface area contributed by atoms with Crippen molar-refractivity contribution in [2.45, 2.75) is 26.7 Å². The van der Waals surface area contributed by atoms with Crippen LogP contribution in [-0.2, 0) is 12.8 Å². The highest BCUT2D eigenvalue weighted by atomic mass is 127. The molecule has 0 saturated carbocycles. The number of aliphatic imine (C=N–C) groups is 1. The molecular formula is C18H27IN4OS. The summed E-state index contributed by atoms with van der Waals surface area (Å²) in [7, 11) is 2.05. The molecule has 1 N–H and O–H groups in total. The van der Waals surface area contributed by atoms with Gasteiger partial charge in [0, 0.05) is 44.1 Å². The molecule has 0 aliphatic carbocycles. The van der Waals surface area contributed by atoms with Crippen molar-refractivity contribution >= 4 is 41.3 Å². The number of rotatable bonds is 8. The predicted octanol–water partition coefficient (Wildman–Crippen LogP) is 3.90. The van der Waals surface area contributed by atoms with Gasteiger partial charge in [-0.15, -0.1) is 35.3 Å². The zero-order chi connectivity index (χ0) is 17.4. The molecule has 0 aliphatic rings. The van der Waals surface area contributed by atoms with E-state index < -0.39 is 0 Å². The molecule has 2 rings (SSSR count). The summed E-state index contributed by atoms with van der Waals surface area (Å²) in [5.41, 5.74) is 1.05. The minimum atomic E-state index is 0. The number of nitrogens with zero attached hydrogens (tertiary/aromatic N) is 3. The molecule has 138 valence electrons. The molecule has 0 aromatic carbocycles. The first-order valence-electron chi connectivity index (χ1n) is 8.12. The highest BCUT2D eigenvalue weighted by Crippen LogP contribution is 2.11. The lowest BCUT2D eigenvalue weighted by Gasteiger charge is -2.22. The molecule has 0 spiro atoms. The van der Waals surface area contributed by atoms with Crippen LogP contribution in [0, 0.1) is 6.92 Å². The number of halogens is 1. The van der Waals surface area contributed by atoms with Gasteiger partial charge in [-0.05, 0) is 26.0 Å². The third-order valence-electron chi connectivity index (χ3n) is 3.43. The number of hydrogen-bond donors (Lipinski definition) is 1. The Hall–Kier alpha value is -1.35. The number of aromatic nitrogens is 1. The first-order valence-corrected chi connectivity index (χ1v) is 8.94. The molecule has 0 aliphatic heterocycles. The molecule has 0 radical (unpaired) electrons. The van der Waals surface area contributed by atoms with Crippen LogP contribution in [0.2, 0.25) is 0 Å². The Labute approximate surface area is 171 Å². The average Bonchev–Trinajstić information content (AvgIpc) is 3.19. The fourth-order valence-electron chi connectivity index (χ4n) is 2.16. The fourth-order valence-corrected chi connectivity index (χ4v) is 2.94. The lowest BCUT2D eigenvalue weighted by Crippen LogP contribution is -2.41. The molecule has 2 heterocycles. The van der Waals surface area contributed by atoms with Crippen LogP contribution in [-0.4, -0.2) is 42.5 Å². The smallest absolute Gasteiger partial charge is 0.194 e. The van der Waals surface area contributed by atoms with Crippen LogP contribution in [0.25, 0.3) is 0 Å². The summed E-state index contributed by atoms with van der Waals surface area (Å²) in [6, 6.07) is 3.90. The van der Waals surface area contributed by atoms with E-state index in [4.69, 9.17) is 4.42 Å². The van der Waals surface area contributed by atoms with Gasteiger partial charge in [-0.25, -0.2) is 9.98 Å². The van der Waals surface area contributed by atoms with E-state index in [1.165, 1.54) is 4.88 Å².